The molecule has 0 saturated heterocycles. The zero-order valence-electron chi connectivity index (χ0n) is 13.6. The van der Waals surface area contributed by atoms with Crippen LogP contribution in [0, 0.1) is 5.92 Å². The van der Waals surface area contributed by atoms with Gasteiger partial charge in [-0.2, -0.15) is 0 Å². The van der Waals surface area contributed by atoms with Gasteiger partial charge in [-0.1, -0.05) is 19.3 Å². The predicted octanol–water partition coefficient (Wildman–Crippen LogP) is 2.92. The van der Waals surface area contributed by atoms with Gasteiger partial charge in [0.2, 0.25) is 0 Å². The molecule has 0 radical (unpaired) electrons. The first-order valence-electron chi connectivity index (χ1n) is 8.64. The average Bonchev–Trinajstić information content (AvgIpc) is 2.74. The van der Waals surface area contributed by atoms with Crippen LogP contribution in [0.15, 0.2) is 12.1 Å². The molecule has 1 aliphatic heterocycles. The maximum atomic E-state index is 11.8. The fourth-order valence-corrected chi connectivity index (χ4v) is 3.51. The first-order valence-corrected chi connectivity index (χ1v) is 8.64. The number of ether oxygens (including phenoxy) is 2. The standard InChI is InChI=1S/C18H26N2O3/c19-15-7-4-8-22-16-10-17(14(18(20)21)9-13(15)16)23-11-12-5-2-1-3-6-12/h9-10,12,15H,1-8,11,19H2,(H2,20,21)/t15-/m0/s1. The summed E-state index contributed by atoms with van der Waals surface area (Å²) in [5.74, 6) is 1.32. The van der Waals surface area contributed by atoms with Crippen molar-refractivity contribution in [2.24, 2.45) is 17.4 Å². The van der Waals surface area contributed by atoms with Crippen LogP contribution in [0.2, 0.25) is 0 Å². The van der Waals surface area contributed by atoms with Crippen molar-refractivity contribution in [3.05, 3.63) is 23.3 Å². The highest BCUT2D eigenvalue weighted by molar-refractivity contribution is 5.96. The fraction of sp³-hybridized carbons (Fsp3) is 0.611. The van der Waals surface area contributed by atoms with Gasteiger partial charge in [0.25, 0.3) is 5.91 Å². The Morgan fingerprint density at radius 1 is 1.17 bits per heavy atom. The summed E-state index contributed by atoms with van der Waals surface area (Å²) >= 11 is 0. The van der Waals surface area contributed by atoms with Crippen LogP contribution >= 0.6 is 0 Å². The van der Waals surface area contributed by atoms with Crippen LogP contribution in [-0.2, 0) is 0 Å². The molecule has 1 heterocycles. The number of primary amides is 1. The van der Waals surface area contributed by atoms with E-state index in [0.717, 1.165) is 24.2 Å². The highest BCUT2D eigenvalue weighted by atomic mass is 16.5. The predicted molar refractivity (Wildman–Crippen MR) is 88.7 cm³/mol. The van der Waals surface area contributed by atoms with Gasteiger partial charge in [0.05, 0.1) is 18.8 Å². The number of hydrogen-bond donors (Lipinski definition) is 2. The molecule has 0 aromatic heterocycles. The highest BCUT2D eigenvalue weighted by Crippen LogP contribution is 2.36. The van der Waals surface area contributed by atoms with E-state index < -0.39 is 5.91 Å². The van der Waals surface area contributed by atoms with Crippen LogP contribution in [0.4, 0.5) is 0 Å². The number of amides is 1. The van der Waals surface area contributed by atoms with Crippen LogP contribution in [0.5, 0.6) is 11.5 Å². The Bertz CT molecular complexity index is 568. The molecule has 1 atom stereocenters. The molecule has 4 N–H and O–H groups in total. The van der Waals surface area contributed by atoms with Crippen molar-refractivity contribution in [3.8, 4) is 11.5 Å². The van der Waals surface area contributed by atoms with E-state index >= 15 is 0 Å². The SMILES string of the molecule is NC(=O)c1cc2c(cc1OCC1CCCCC1)OCCC[C@@H]2N. The number of hydrogen-bond acceptors (Lipinski definition) is 4. The fourth-order valence-electron chi connectivity index (χ4n) is 3.51. The molecule has 0 bridgehead atoms. The summed E-state index contributed by atoms with van der Waals surface area (Å²) < 4.78 is 11.7. The van der Waals surface area contributed by atoms with Gasteiger partial charge in [0.1, 0.15) is 11.5 Å². The Morgan fingerprint density at radius 2 is 1.96 bits per heavy atom. The largest absolute Gasteiger partial charge is 0.493 e. The quantitative estimate of drug-likeness (QED) is 0.893. The maximum Gasteiger partial charge on any atom is 0.252 e. The molecule has 23 heavy (non-hydrogen) atoms. The lowest BCUT2D eigenvalue weighted by atomic mass is 9.90. The molecule has 3 rings (SSSR count). The summed E-state index contributed by atoms with van der Waals surface area (Å²) in [4.78, 5) is 11.8. The van der Waals surface area contributed by atoms with E-state index in [9.17, 15) is 4.79 Å². The molecule has 1 aliphatic carbocycles. The highest BCUT2D eigenvalue weighted by Gasteiger charge is 2.23. The van der Waals surface area contributed by atoms with E-state index in [4.69, 9.17) is 20.9 Å². The summed E-state index contributed by atoms with van der Waals surface area (Å²) in [7, 11) is 0. The lowest BCUT2D eigenvalue weighted by Gasteiger charge is -2.23. The molecule has 1 fully saturated rings. The van der Waals surface area contributed by atoms with Crippen molar-refractivity contribution >= 4 is 5.91 Å². The zero-order chi connectivity index (χ0) is 16.2. The molecular weight excluding hydrogens is 292 g/mol. The Hall–Kier alpha value is -1.75. The summed E-state index contributed by atoms with van der Waals surface area (Å²) in [6, 6.07) is 3.42. The van der Waals surface area contributed by atoms with E-state index in [-0.39, 0.29) is 6.04 Å². The Morgan fingerprint density at radius 3 is 2.70 bits per heavy atom. The van der Waals surface area contributed by atoms with Crippen molar-refractivity contribution in [3.63, 3.8) is 0 Å². The zero-order valence-corrected chi connectivity index (χ0v) is 13.6. The average molecular weight is 318 g/mol. The summed E-state index contributed by atoms with van der Waals surface area (Å²) in [5, 5.41) is 0. The number of fused-ring (bicyclic) bond motifs is 1. The molecule has 126 valence electrons. The minimum absolute atomic E-state index is 0.127. The van der Waals surface area contributed by atoms with Crippen molar-refractivity contribution in [1.29, 1.82) is 0 Å². The van der Waals surface area contributed by atoms with E-state index in [0.29, 0.717) is 30.4 Å². The Labute approximate surface area is 137 Å². The number of carbonyl (C=O) groups is 1. The molecule has 1 aromatic carbocycles. The van der Waals surface area contributed by atoms with Gasteiger partial charge in [-0.05, 0) is 37.7 Å². The topological polar surface area (TPSA) is 87.6 Å². The van der Waals surface area contributed by atoms with Gasteiger partial charge in [0.15, 0.2) is 0 Å². The lowest BCUT2D eigenvalue weighted by molar-refractivity contribution is 0.0994. The monoisotopic (exact) mass is 318 g/mol. The third kappa shape index (κ3) is 3.78. The van der Waals surface area contributed by atoms with Gasteiger partial charge in [-0.25, -0.2) is 0 Å². The van der Waals surface area contributed by atoms with Crippen molar-refractivity contribution in [2.75, 3.05) is 13.2 Å². The van der Waals surface area contributed by atoms with Gasteiger partial charge in [-0.15, -0.1) is 0 Å². The summed E-state index contributed by atoms with van der Waals surface area (Å²) in [5.41, 5.74) is 13.0. The Balaban J connectivity index is 1.82. The van der Waals surface area contributed by atoms with Gasteiger partial charge >= 0.3 is 0 Å². The van der Waals surface area contributed by atoms with Gasteiger partial charge in [0, 0.05) is 17.7 Å². The van der Waals surface area contributed by atoms with E-state index in [2.05, 4.69) is 0 Å². The van der Waals surface area contributed by atoms with Crippen LogP contribution < -0.4 is 20.9 Å². The number of carbonyl (C=O) groups excluding carboxylic acids is 1. The third-order valence-electron chi connectivity index (χ3n) is 4.89. The van der Waals surface area contributed by atoms with Crippen LogP contribution in [0.1, 0.15) is 66.9 Å². The normalized spacial score (nSPS) is 21.9. The number of nitrogens with two attached hydrogens (primary N) is 2. The first kappa shape index (κ1) is 16.1. The van der Waals surface area contributed by atoms with E-state index in [1.165, 1.54) is 32.1 Å². The molecule has 1 aromatic rings. The molecule has 2 aliphatic rings. The molecule has 1 saturated carbocycles. The lowest BCUT2D eigenvalue weighted by Crippen LogP contribution is -2.19. The number of benzene rings is 1. The minimum atomic E-state index is -0.483. The minimum Gasteiger partial charge on any atom is -0.493 e. The second-order valence-corrected chi connectivity index (χ2v) is 6.66. The second-order valence-electron chi connectivity index (χ2n) is 6.66. The van der Waals surface area contributed by atoms with Gasteiger partial charge < -0.3 is 20.9 Å². The molecule has 1 amide bonds. The number of rotatable bonds is 4. The van der Waals surface area contributed by atoms with Crippen LogP contribution in [0.25, 0.3) is 0 Å². The van der Waals surface area contributed by atoms with E-state index in [1.807, 2.05) is 0 Å². The summed E-state index contributed by atoms with van der Waals surface area (Å²) in [6.45, 7) is 1.27. The van der Waals surface area contributed by atoms with Crippen molar-refractivity contribution in [1.82, 2.24) is 0 Å². The summed E-state index contributed by atoms with van der Waals surface area (Å²) in [6.07, 6.45) is 7.97. The van der Waals surface area contributed by atoms with E-state index in [1.54, 1.807) is 12.1 Å². The second kappa shape index (κ2) is 7.21. The van der Waals surface area contributed by atoms with Crippen LogP contribution in [-0.4, -0.2) is 19.1 Å². The first-order chi connectivity index (χ1) is 11.1. The molecular formula is C18H26N2O3. The Kier molecular flexibility index (Phi) is 5.06. The van der Waals surface area contributed by atoms with Crippen molar-refractivity contribution in [2.45, 2.75) is 51.0 Å². The maximum absolute atomic E-state index is 11.8. The third-order valence-corrected chi connectivity index (χ3v) is 4.89. The van der Waals surface area contributed by atoms with Gasteiger partial charge in [-0.3, -0.25) is 4.79 Å². The van der Waals surface area contributed by atoms with Crippen molar-refractivity contribution < 1.29 is 14.3 Å². The molecule has 0 spiro atoms. The smallest absolute Gasteiger partial charge is 0.252 e. The molecule has 5 heteroatoms. The molecule has 0 unspecified atom stereocenters. The molecule has 5 nitrogen and oxygen atoms in total. The van der Waals surface area contributed by atoms with Crippen LogP contribution in [0.3, 0.4) is 0 Å².